The lowest BCUT2D eigenvalue weighted by atomic mass is 10.1. The summed E-state index contributed by atoms with van der Waals surface area (Å²) < 4.78 is 10.6. The van der Waals surface area contributed by atoms with Gasteiger partial charge in [-0.1, -0.05) is 20.8 Å². The highest BCUT2D eigenvalue weighted by Gasteiger charge is 2.11. The minimum absolute atomic E-state index is 0.459. The Morgan fingerprint density at radius 3 is 2.47 bits per heavy atom. The van der Waals surface area contributed by atoms with Crippen molar-refractivity contribution < 1.29 is 9.47 Å². The van der Waals surface area contributed by atoms with Crippen LogP contribution in [0.25, 0.3) is 0 Å². The van der Waals surface area contributed by atoms with Gasteiger partial charge in [0.25, 0.3) is 0 Å². The molecule has 0 aromatic heterocycles. The summed E-state index contributed by atoms with van der Waals surface area (Å²) in [5, 5.41) is 3.49. The first kappa shape index (κ1) is 14.9. The maximum absolute atomic E-state index is 5.41. The average molecular weight is 217 g/mol. The second kappa shape index (κ2) is 10.4. The Hall–Kier alpha value is -0.120. The zero-order chi connectivity index (χ0) is 11.5. The van der Waals surface area contributed by atoms with E-state index in [-0.39, 0.29) is 0 Å². The topological polar surface area (TPSA) is 30.5 Å². The molecule has 0 saturated carbocycles. The second-order valence-corrected chi connectivity index (χ2v) is 4.23. The smallest absolute Gasteiger partial charge is 0.0618 e. The molecule has 0 spiro atoms. The number of ether oxygens (including phenoxy) is 2. The molecule has 15 heavy (non-hydrogen) atoms. The van der Waals surface area contributed by atoms with Crippen molar-refractivity contribution in [1.82, 2.24) is 5.32 Å². The molecule has 0 amide bonds. The predicted molar refractivity (Wildman–Crippen MR) is 64.2 cm³/mol. The minimum Gasteiger partial charge on any atom is -0.383 e. The molecule has 0 radical (unpaired) electrons. The van der Waals surface area contributed by atoms with Gasteiger partial charge >= 0.3 is 0 Å². The molecular weight excluding hydrogens is 190 g/mol. The Labute approximate surface area is 94.5 Å². The highest BCUT2D eigenvalue weighted by atomic mass is 16.5. The van der Waals surface area contributed by atoms with Gasteiger partial charge in [0.1, 0.15) is 0 Å². The number of methoxy groups -OCH3 is 1. The van der Waals surface area contributed by atoms with Gasteiger partial charge in [-0.05, 0) is 25.3 Å². The summed E-state index contributed by atoms with van der Waals surface area (Å²) in [6.07, 6.45) is 2.18. The van der Waals surface area contributed by atoms with E-state index in [0.717, 1.165) is 39.2 Å². The van der Waals surface area contributed by atoms with Crippen LogP contribution < -0.4 is 5.32 Å². The number of hydrogen-bond donors (Lipinski definition) is 1. The molecular formula is C12H27NO2. The summed E-state index contributed by atoms with van der Waals surface area (Å²) in [5.74, 6) is 0.613. The SMILES string of the molecule is CCCOCCCNC(COC)C(C)C. The normalized spacial score (nSPS) is 13.4. The molecule has 92 valence electrons. The number of hydrogen-bond acceptors (Lipinski definition) is 3. The van der Waals surface area contributed by atoms with Crippen molar-refractivity contribution in [2.24, 2.45) is 5.92 Å². The molecule has 0 fully saturated rings. The molecule has 0 heterocycles. The summed E-state index contributed by atoms with van der Waals surface area (Å²) in [6.45, 7) is 10.1. The lowest BCUT2D eigenvalue weighted by Crippen LogP contribution is -2.38. The third kappa shape index (κ3) is 8.85. The molecule has 0 aliphatic carbocycles. The lowest BCUT2D eigenvalue weighted by molar-refractivity contribution is 0.123. The molecule has 0 aliphatic heterocycles. The van der Waals surface area contributed by atoms with Crippen molar-refractivity contribution in [3.8, 4) is 0 Å². The van der Waals surface area contributed by atoms with E-state index in [4.69, 9.17) is 9.47 Å². The van der Waals surface area contributed by atoms with E-state index >= 15 is 0 Å². The first-order valence-corrected chi connectivity index (χ1v) is 6.02. The van der Waals surface area contributed by atoms with E-state index in [0.29, 0.717) is 12.0 Å². The molecule has 0 aromatic carbocycles. The van der Waals surface area contributed by atoms with Crippen molar-refractivity contribution in [2.45, 2.75) is 39.7 Å². The van der Waals surface area contributed by atoms with Crippen LogP contribution in [0.1, 0.15) is 33.6 Å². The van der Waals surface area contributed by atoms with Gasteiger partial charge < -0.3 is 14.8 Å². The van der Waals surface area contributed by atoms with Gasteiger partial charge in [-0.3, -0.25) is 0 Å². The maximum Gasteiger partial charge on any atom is 0.0618 e. The van der Waals surface area contributed by atoms with Gasteiger partial charge in [-0.15, -0.1) is 0 Å². The molecule has 3 nitrogen and oxygen atoms in total. The van der Waals surface area contributed by atoms with Crippen LogP contribution in [0.4, 0.5) is 0 Å². The highest BCUT2D eigenvalue weighted by Crippen LogP contribution is 2.01. The molecule has 1 N–H and O–H groups in total. The van der Waals surface area contributed by atoms with Crippen LogP contribution in [0, 0.1) is 5.92 Å². The summed E-state index contributed by atoms with van der Waals surface area (Å²) in [5.41, 5.74) is 0. The van der Waals surface area contributed by atoms with Crippen molar-refractivity contribution in [1.29, 1.82) is 0 Å². The fourth-order valence-electron chi connectivity index (χ4n) is 1.37. The fraction of sp³-hybridized carbons (Fsp3) is 1.00. The number of rotatable bonds is 10. The largest absolute Gasteiger partial charge is 0.383 e. The van der Waals surface area contributed by atoms with Crippen LogP contribution in [-0.2, 0) is 9.47 Å². The van der Waals surface area contributed by atoms with E-state index in [1.54, 1.807) is 7.11 Å². The molecule has 3 heteroatoms. The van der Waals surface area contributed by atoms with Crippen LogP contribution in [0.5, 0.6) is 0 Å². The highest BCUT2D eigenvalue weighted by molar-refractivity contribution is 4.69. The Morgan fingerprint density at radius 2 is 1.93 bits per heavy atom. The van der Waals surface area contributed by atoms with Gasteiger partial charge in [0.2, 0.25) is 0 Å². The summed E-state index contributed by atoms with van der Waals surface area (Å²) in [6, 6.07) is 0.459. The molecule has 0 saturated heterocycles. The summed E-state index contributed by atoms with van der Waals surface area (Å²) >= 11 is 0. The maximum atomic E-state index is 5.41. The minimum atomic E-state index is 0.459. The first-order valence-electron chi connectivity index (χ1n) is 6.02. The van der Waals surface area contributed by atoms with E-state index < -0.39 is 0 Å². The van der Waals surface area contributed by atoms with E-state index in [1.165, 1.54) is 0 Å². The molecule has 0 rings (SSSR count). The zero-order valence-corrected chi connectivity index (χ0v) is 10.7. The quantitative estimate of drug-likeness (QED) is 0.568. The monoisotopic (exact) mass is 217 g/mol. The molecule has 0 aliphatic rings. The Balaban J connectivity index is 3.37. The summed E-state index contributed by atoms with van der Waals surface area (Å²) in [4.78, 5) is 0. The Kier molecular flexibility index (Phi) is 10.3. The van der Waals surface area contributed by atoms with Gasteiger partial charge in [-0.2, -0.15) is 0 Å². The third-order valence-corrected chi connectivity index (χ3v) is 2.37. The molecule has 0 bridgehead atoms. The third-order valence-electron chi connectivity index (χ3n) is 2.37. The Bertz CT molecular complexity index is 129. The van der Waals surface area contributed by atoms with Crippen molar-refractivity contribution in [2.75, 3.05) is 33.5 Å². The Morgan fingerprint density at radius 1 is 1.20 bits per heavy atom. The standard InChI is InChI=1S/C12H27NO2/c1-5-8-15-9-6-7-13-12(10-14-4)11(2)3/h11-13H,5-10H2,1-4H3. The van der Waals surface area contributed by atoms with Crippen molar-refractivity contribution in [3.05, 3.63) is 0 Å². The fourth-order valence-corrected chi connectivity index (χ4v) is 1.37. The first-order chi connectivity index (χ1) is 7.22. The van der Waals surface area contributed by atoms with E-state index in [2.05, 4.69) is 26.1 Å². The van der Waals surface area contributed by atoms with Crippen molar-refractivity contribution in [3.63, 3.8) is 0 Å². The number of nitrogens with one attached hydrogen (secondary N) is 1. The van der Waals surface area contributed by atoms with Crippen LogP contribution in [0.2, 0.25) is 0 Å². The van der Waals surface area contributed by atoms with Gasteiger partial charge in [-0.25, -0.2) is 0 Å². The van der Waals surface area contributed by atoms with Crippen LogP contribution in [0.3, 0.4) is 0 Å². The average Bonchev–Trinajstić information content (AvgIpc) is 2.21. The van der Waals surface area contributed by atoms with Crippen LogP contribution >= 0.6 is 0 Å². The van der Waals surface area contributed by atoms with Gasteiger partial charge in [0.15, 0.2) is 0 Å². The van der Waals surface area contributed by atoms with Gasteiger partial charge in [0.05, 0.1) is 6.61 Å². The zero-order valence-electron chi connectivity index (χ0n) is 10.7. The molecule has 0 aromatic rings. The van der Waals surface area contributed by atoms with E-state index in [1.807, 2.05) is 0 Å². The second-order valence-electron chi connectivity index (χ2n) is 4.23. The van der Waals surface area contributed by atoms with E-state index in [9.17, 15) is 0 Å². The summed E-state index contributed by atoms with van der Waals surface area (Å²) in [7, 11) is 1.75. The van der Waals surface area contributed by atoms with Crippen LogP contribution in [-0.4, -0.2) is 39.5 Å². The molecule has 1 atom stereocenters. The lowest BCUT2D eigenvalue weighted by Gasteiger charge is -2.21. The van der Waals surface area contributed by atoms with Crippen LogP contribution in [0.15, 0.2) is 0 Å². The molecule has 1 unspecified atom stereocenters. The predicted octanol–water partition coefficient (Wildman–Crippen LogP) is 2.06. The van der Waals surface area contributed by atoms with Gasteiger partial charge in [0, 0.05) is 26.4 Å². The van der Waals surface area contributed by atoms with Crippen molar-refractivity contribution >= 4 is 0 Å².